The molecule has 32 heavy (non-hydrogen) atoms. The molecule has 4 rings (SSSR count). The molecule has 1 aliphatic heterocycles. The van der Waals surface area contributed by atoms with Gasteiger partial charge in [-0.15, -0.1) is 0 Å². The molecule has 0 atom stereocenters. The van der Waals surface area contributed by atoms with E-state index in [-0.39, 0.29) is 30.3 Å². The van der Waals surface area contributed by atoms with Crippen LogP contribution in [0, 0.1) is 12.7 Å². The van der Waals surface area contributed by atoms with Crippen LogP contribution >= 0.6 is 0 Å². The van der Waals surface area contributed by atoms with E-state index >= 15 is 0 Å². The minimum atomic E-state index is -3.71. The van der Waals surface area contributed by atoms with Crippen LogP contribution in [0.4, 0.5) is 4.39 Å². The molecule has 168 valence electrons. The van der Waals surface area contributed by atoms with Crippen molar-refractivity contribution < 1.29 is 22.0 Å². The normalized spacial score (nSPS) is 15.1. The second kappa shape index (κ2) is 9.22. The summed E-state index contributed by atoms with van der Waals surface area (Å²) < 4.78 is 45.6. The Bertz CT molecular complexity index is 1180. The summed E-state index contributed by atoms with van der Waals surface area (Å²) in [5.74, 6) is 0.592. The van der Waals surface area contributed by atoms with Crippen molar-refractivity contribution in [2.45, 2.75) is 24.7 Å². The minimum absolute atomic E-state index is 0.0481. The lowest BCUT2D eigenvalue weighted by atomic mass is 10.1. The SMILES string of the molecule is Cc1ccc(-c2cnc(CCC(=O)N3CCN(S(=O)(=O)c4ccc(F)cc4)CC3)o2)cc1. The third-order valence-electron chi connectivity index (χ3n) is 5.49. The van der Waals surface area contributed by atoms with Gasteiger partial charge in [-0.3, -0.25) is 4.79 Å². The van der Waals surface area contributed by atoms with Gasteiger partial charge in [0.1, 0.15) is 5.82 Å². The van der Waals surface area contributed by atoms with Gasteiger partial charge < -0.3 is 9.32 Å². The van der Waals surface area contributed by atoms with Gasteiger partial charge >= 0.3 is 0 Å². The number of carbonyl (C=O) groups excluding carboxylic acids is 1. The zero-order chi connectivity index (χ0) is 22.7. The molecule has 0 spiro atoms. The maximum atomic E-state index is 13.1. The molecule has 1 fully saturated rings. The Kier molecular flexibility index (Phi) is 6.38. The Balaban J connectivity index is 1.29. The molecule has 1 amide bonds. The summed E-state index contributed by atoms with van der Waals surface area (Å²) in [6, 6.07) is 12.7. The molecule has 0 N–H and O–H groups in total. The van der Waals surface area contributed by atoms with E-state index < -0.39 is 15.8 Å². The number of piperazine rings is 1. The zero-order valence-electron chi connectivity index (χ0n) is 17.7. The molecule has 0 radical (unpaired) electrons. The first-order valence-electron chi connectivity index (χ1n) is 10.4. The minimum Gasteiger partial charge on any atom is -0.441 e. The number of nitrogens with zero attached hydrogens (tertiary/aromatic N) is 3. The van der Waals surface area contributed by atoms with Crippen molar-refractivity contribution in [2.24, 2.45) is 0 Å². The Labute approximate surface area is 186 Å². The van der Waals surface area contributed by atoms with Gasteiger partial charge in [-0.05, 0) is 31.2 Å². The second-order valence-electron chi connectivity index (χ2n) is 7.72. The molecule has 2 heterocycles. The number of aromatic nitrogens is 1. The van der Waals surface area contributed by atoms with E-state index in [9.17, 15) is 17.6 Å². The summed E-state index contributed by atoms with van der Waals surface area (Å²) in [6.45, 7) is 3.02. The number of hydrogen-bond donors (Lipinski definition) is 0. The summed E-state index contributed by atoms with van der Waals surface area (Å²) in [5, 5.41) is 0. The Morgan fingerprint density at radius 2 is 1.69 bits per heavy atom. The first-order chi connectivity index (χ1) is 15.3. The van der Waals surface area contributed by atoms with Gasteiger partial charge in [0, 0.05) is 44.6 Å². The Morgan fingerprint density at radius 1 is 1.03 bits per heavy atom. The topological polar surface area (TPSA) is 83.7 Å². The first kappa shape index (κ1) is 22.2. The fraction of sp³-hybridized carbons (Fsp3) is 0.304. The highest BCUT2D eigenvalue weighted by atomic mass is 32.2. The molecule has 2 aromatic carbocycles. The number of aryl methyl sites for hydroxylation is 2. The van der Waals surface area contributed by atoms with E-state index in [1.165, 1.54) is 16.4 Å². The van der Waals surface area contributed by atoms with Crippen molar-refractivity contribution in [1.29, 1.82) is 0 Å². The summed E-state index contributed by atoms with van der Waals surface area (Å²) in [4.78, 5) is 18.6. The number of amides is 1. The first-order valence-corrected chi connectivity index (χ1v) is 11.8. The predicted octanol–water partition coefficient (Wildman–Crippen LogP) is 3.25. The van der Waals surface area contributed by atoms with Crippen LogP contribution in [-0.2, 0) is 21.2 Å². The van der Waals surface area contributed by atoms with Gasteiger partial charge in [-0.25, -0.2) is 17.8 Å². The van der Waals surface area contributed by atoms with Gasteiger partial charge in [0.05, 0.1) is 11.1 Å². The van der Waals surface area contributed by atoms with Gasteiger partial charge in [0.25, 0.3) is 0 Å². The van der Waals surface area contributed by atoms with Crippen molar-refractivity contribution in [3.8, 4) is 11.3 Å². The number of benzene rings is 2. The number of rotatable bonds is 6. The molecule has 7 nitrogen and oxygen atoms in total. The summed E-state index contributed by atoms with van der Waals surface area (Å²) in [5.41, 5.74) is 2.09. The number of sulfonamides is 1. The molecule has 9 heteroatoms. The highest BCUT2D eigenvalue weighted by Gasteiger charge is 2.30. The smallest absolute Gasteiger partial charge is 0.243 e. The van der Waals surface area contributed by atoms with Gasteiger partial charge in [0.15, 0.2) is 11.7 Å². The highest BCUT2D eigenvalue weighted by molar-refractivity contribution is 7.89. The maximum absolute atomic E-state index is 13.1. The monoisotopic (exact) mass is 457 g/mol. The van der Waals surface area contributed by atoms with E-state index in [1.807, 2.05) is 31.2 Å². The Morgan fingerprint density at radius 3 is 2.34 bits per heavy atom. The zero-order valence-corrected chi connectivity index (χ0v) is 18.5. The van der Waals surface area contributed by atoms with Gasteiger partial charge in [-0.2, -0.15) is 4.31 Å². The predicted molar refractivity (Wildman–Crippen MR) is 117 cm³/mol. The van der Waals surface area contributed by atoms with Crippen LogP contribution in [0.5, 0.6) is 0 Å². The molecular weight excluding hydrogens is 433 g/mol. The van der Waals surface area contributed by atoms with Gasteiger partial charge in [0.2, 0.25) is 15.9 Å². The Hall–Kier alpha value is -3.04. The van der Waals surface area contributed by atoms with Crippen molar-refractivity contribution in [1.82, 2.24) is 14.2 Å². The van der Waals surface area contributed by atoms with Crippen LogP contribution in [0.15, 0.2) is 64.0 Å². The summed E-state index contributed by atoms with van der Waals surface area (Å²) >= 11 is 0. The molecular formula is C23H24FN3O4S. The van der Waals surface area contributed by atoms with Crippen LogP contribution in [0.1, 0.15) is 17.9 Å². The van der Waals surface area contributed by atoms with Crippen LogP contribution in [0.3, 0.4) is 0 Å². The van der Waals surface area contributed by atoms with Crippen molar-refractivity contribution in [3.63, 3.8) is 0 Å². The fourth-order valence-corrected chi connectivity index (χ4v) is 5.00. The highest BCUT2D eigenvalue weighted by Crippen LogP contribution is 2.22. The fourth-order valence-electron chi connectivity index (χ4n) is 3.58. The summed E-state index contributed by atoms with van der Waals surface area (Å²) in [7, 11) is -3.71. The van der Waals surface area contributed by atoms with Crippen molar-refractivity contribution in [3.05, 3.63) is 72.0 Å². The average Bonchev–Trinajstić information content (AvgIpc) is 3.27. The largest absolute Gasteiger partial charge is 0.441 e. The number of carbonyl (C=O) groups is 1. The quantitative estimate of drug-likeness (QED) is 0.567. The third-order valence-corrected chi connectivity index (χ3v) is 7.40. The molecule has 1 aliphatic rings. The number of oxazole rings is 1. The van der Waals surface area contributed by atoms with E-state index in [1.54, 1.807) is 11.1 Å². The summed E-state index contributed by atoms with van der Waals surface area (Å²) in [6.07, 6.45) is 2.26. The van der Waals surface area contributed by atoms with Crippen LogP contribution < -0.4 is 0 Å². The van der Waals surface area contributed by atoms with Crippen LogP contribution in [-0.4, -0.2) is 54.7 Å². The standard InChI is InChI=1S/C23H24FN3O4S/c1-17-2-4-18(5-3-17)21-16-25-22(31-21)10-11-23(28)26-12-14-27(15-13-26)32(29,30)20-8-6-19(24)7-9-20/h2-9,16H,10-15H2,1H3. The van der Waals surface area contributed by atoms with E-state index in [0.717, 1.165) is 23.3 Å². The van der Waals surface area contributed by atoms with E-state index in [2.05, 4.69) is 4.98 Å². The molecule has 0 saturated carbocycles. The molecule has 0 unspecified atom stereocenters. The third kappa shape index (κ3) is 4.89. The van der Waals surface area contributed by atoms with Crippen molar-refractivity contribution >= 4 is 15.9 Å². The number of halogens is 1. The molecule has 0 aliphatic carbocycles. The molecule has 1 aromatic heterocycles. The van der Waals surface area contributed by atoms with Crippen LogP contribution in [0.2, 0.25) is 0 Å². The maximum Gasteiger partial charge on any atom is 0.243 e. The van der Waals surface area contributed by atoms with Crippen molar-refractivity contribution in [2.75, 3.05) is 26.2 Å². The lowest BCUT2D eigenvalue weighted by molar-refractivity contribution is -0.132. The lowest BCUT2D eigenvalue weighted by Crippen LogP contribution is -2.50. The average molecular weight is 458 g/mol. The van der Waals surface area contributed by atoms with E-state index in [0.29, 0.717) is 31.2 Å². The molecule has 1 saturated heterocycles. The van der Waals surface area contributed by atoms with Gasteiger partial charge in [-0.1, -0.05) is 29.8 Å². The number of hydrogen-bond acceptors (Lipinski definition) is 5. The van der Waals surface area contributed by atoms with E-state index in [4.69, 9.17) is 4.42 Å². The molecule has 0 bridgehead atoms. The molecule has 3 aromatic rings. The second-order valence-corrected chi connectivity index (χ2v) is 9.66. The lowest BCUT2D eigenvalue weighted by Gasteiger charge is -2.34. The van der Waals surface area contributed by atoms with Crippen LogP contribution in [0.25, 0.3) is 11.3 Å².